The second-order valence-electron chi connectivity index (χ2n) is 4.52. The van der Waals surface area contributed by atoms with Crippen molar-refractivity contribution in [2.75, 3.05) is 6.61 Å². The Labute approximate surface area is 156 Å². The fourth-order valence-corrected chi connectivity index (χ4v) is 4.88. The van der Waals surface area contributed by atoms with E-state index >= 15 is 0 Å². The average molecular weight is 440 g/mol. The van der Waals surface area contributed by atoms with E-state index in [-0.39, 0.29) is 22.4 Å². The van der Waals surface area contributed by atoms with Crippen LogP contribution in [0.4, 0.5) is 0 Å². The molecule has 0 aliphatic carbocycles. The van der Waals surface area contributed by atoms with Gasteiger partial charge in [0, 0.05) is 0 Å². The fraction of sp³-hybridized carbons (Fsp3) is 0.133. The number of aromatic nitrogens is 2. The Morgan fingerprint density at radius 1 is 1.20 bits per heavy atom. The summed E-state index contributed by atoms with van der Waals surface area (Å²) in [5.74, 6) is -1.48. The first kappa shape index (κ1) is 17.7. The molecule has 0 fully saturated rings. The van der Waals surface area contributed by atoms with Crippen molar-refractivity contribution >= 4 is 55.2 Å². The minimum absolute atomic E-state index is 0.0864. The molecule has 0 aromatic carbocycles. The summed E-state index contributed by atoms with van der Waals surface area (Å²) in [6.45, 7) is 1.83. The van der Waals surface area contributed by atoms with Gasteiger partial charge >= 0.3 is 156 Å². The van der Waals surface area contributed by atoms with E-state index in [1.807, 2.05) is 0 Å². The van der Waals surface area contributed by atoms with Crippen LogP contribution in [0.3, 0.4) is 0 Å². The van der Waals surface area contributed by atoms with Gasteiger partial charge in [-0.15, -0.1) is 0 Å². The van der Waals surface area contributed by atoms with Gasteiger partial charge in [-0.3, -0.25) is 0 Å². The van der Waals surface area contributed by atoms with E-state index in [2.05, 4.69) is 10.1 Å². The molecule has 0 unspecified atom stereocenters. The number of nitrogens with zero attached hydrogens (tertiary/aromatic N) is 3. The van der Waals surface area contributed by atoms with Gasteiger partial charge in [0.25, 0.3) is 0 Å². The summed E-state index contributed by atoms with van der Waals surface area (Å²) in [6, 6.07) is 6.82. The molecule has 3 rings (SSSR count). The standard InChI is InChI=1S/C15H11N3O4S2Se/c1-2-22-15(21)11-13(16-12(19)9-5-3-7-23-9)25-18(17-11)14(20)10-6-4-8-24-10/h3-8H,2H2,1H3. The first-order valence-electron chi connectivity index (χ1n) is 7.08. The zero-order chi connectivity index (χ0) is 17.8. The van der Waals surface area contributed by atoms with E-state index in [9.17, 15) is 14.4 Å². The third-order valence-corrected chi connectivity index (χ3v) is 6.43. The summed E-state index contributed by atoms with van der Waals surface area (Å²) in [5.41, 5.74) is -0.0864. The second-order valence-corrected chi connectivity index (χ2v) is 8.33. The Hall–Kier alpha value is -2.13. The van der Waals surface area contributed by atoms with Gasteiger partial charge < -0.3 is 0 Å². The van der Waals surface area contributed by atoms with Gasteiger partial charge in [0.2, 0.25) is 0 Å². The number of ether oxygens (including phenoxy) is 1. The predicted molar refractivity (Wildman–Crippen MR) is 93.4 cm³/mol. The maximum absolute atomic E-state index is 12.4. The molecule has 3 heterocycles. The molecular formula is C15H11N3O4S2Se. The summed E-state index contributed by atoms with van der Waals surface area (Å²) in [6.07, 6.45) is 0. The SMILES string of the molecule is CCOC(=O)c1nn(C(=O)c2cccs2)[se]c1=NC(=O)c1cccs1. The molecule has 0 atom stereocenters. The van der Waals surface area contributed by atoms with Crippen LogP contribution >= 0.6 is 22.7 Å². The van der Waals surface area contributed by atoms with E-state index in [1.54, 1.807) is 41.9 Å². The average Bonchev–Trinajstić information content (AvgIpc) is 3.34. The topological polar surface area (TPSA) is 90.6 Å². The van der Waals surface area contributed by atoms with Crippen molar-refractivity contribution in [1.29, 1.82) is 0 Å². The molecule has 3 aromatic rings. The normalized spacial score (nSPS) is 11.5. The molecule has 0 aliphatic heterocycles. The second kappa shape index (κ2) is 7.83. The molecule has 7 nitrogen and oxygen atoms in total. The van der Waals surface area contributed by atoms with Crippen LogP contribution in [0.15, 0.2) is 40.0 Å². The molecule has 0 saturated carbocycles. The Morgan fingerprint density at radius 2 is 1.88 bits per heavy atom. The first-order chi connectivity index (χ1) is 12.1. The van der Waals surface area contributed by atoms with Crippen LogP contribution in [0.2, 0.25) is 0 Å². The number of hydrogen-bond donors (Lipinski definition) is 0. The first-order valence-corrected chi connectivity index (χ1v) is 10.5. The van der Waals surface area contributed by atoms with Crippen LogP contribution in [0.1, 0.15) is 36.8 Å². The molecular weight excluding hydrogens is 429 g/mol. The van der Waals surface area contributed by atoms with Crippen molar-refractivity contribution < 1.29 is 19.1 Å². The molecule has 0 bridgehead atoms. The van der Waals surface area contributed by atoms with Gasteiger partial charge in [-0.1, -0.05) is 0 Å². The maximum atomic E-state index is 12.4. The number of hydrogen-bond acceptors (Lipinski definition) is 7. The predicted octanol–water partition coefficient (Wildman–Crippen LogP) is 1.67. The third-order valence-electron chi connectivity index (χ3n) is 2.88. The van der Waals surface area contributed by atoms with Gasteiger partial charge in [0.05, 0.1) is 0 Å². The summed E-state index contributed by atoms with van der Waals surface area (Å²) < 4.78 is 6.34. The molecule has 0 saturated heterocycles. The van der Waals surface area contributed by atoms with Crippen LogP contribution in [0, 0.1) is 0 Å². The van der Waals surface area contributed by atoms with Gasteiger partial charge in [-0.2, -0.15) is 0 Å². The number of rotatable bonds is 4. The number of amides is 1. The van der Waals surface area contributed by atoms with Crippen LogP contribution in [-0.4, -0.2) is 47.9 Å². The monoisotopic (exact) mass is 441 g/mol. The van der Waals surface area contributed by atoms with E-state index in [1.165, 1.54) is 26.4 Å². The van der Waals surface area contributed by atoms with Crippen molar-refractivity contribution in [3.8, 4) is 0 Å². The fourth-order valence-electron chi connectivity index (χ4n) is 1.81. The molecule has 0 aliphatic rings. The molecule has 0 N–H and O–H groups in total. The van der Waals surface area contributed by atoms with E-state index in [0.717, 1.165) is 0 Å². The van der Waals surface area contributed by atoms with Crippen molar-refractivity contribution in [1.82, 2.24) is 8.78 Å². The van der Waals surface area contributed by atoms with Gasteiger partial charge in [-0.05, 0) is 0 Å². The van der Waals surface area contributed by atoms with E-state index in [0.29, 0.717) is 9.75 Å². The summed E-state index contributed by atoms with van der Waals surface area (Å²) in [5, 5.41) is 7.60. The van der Waals surface area contributed by atoms with E-state index < -0.39 is 26.6 Å². The summed E-state index contributed by atoms with van der Waals surface area (Å²) in [4.78, 5) is 41.7. The van der Waals surface area contributed by atoms with Crippen LogP contribution in [0.5, 0.6) is 0 Å². The number of esters is 1. The van der Waals surface area contributed by atoms with Crippen LogP contribution < -0.4 is 4.23 Å². The van der Waals surface area contributed by atoms with Crippen molar-refractivity contribution in [2.24, 2.45) is 4.99 Å². The minimum atomic E-state index is -0.712. The van der Waals surface area contributed by atoms with Gasteiger partial charge in [0.15, 0.2) is 0 Å². The molecule has 0 spiro atoms. The van der Waals surface area contributed by atoms with E-state index in [4.69, 9.17) is 4.74 Å². The molecule has 0 radical (unpaired) electrons. The van der Waals surface area contributed by atoms with Crippen molar-refractivity contribution in [3.63, 3.8) is 0 Å². The van der Waals surface area contributed by atoms with Gasteiger partial charge in [-0.25, -0.2) is 0 Å². The summed E-state index contributed by atoms with van der Waals surface area (Å²) in [7, 11) is 0. The number of carbonyl (C=O) groups excluding carboxylic acids is 3. The Balaban J connectivity index is 2.04. The van der Waals surface area contributed by atoms with Gasteiger partial charge in [0.1, 0.15) is 0 Å². The Morgan fingerprint density at radius 3 is 2.48 bits per heavy atom. The summed E-state index contributed by atoms with van der Waals surface area (Å²) >= 11 is 1.82. The number of carbonyl (C=O) groups is 3. The van der Waals surface area contributed by atoms with Crippen LogP contribution in [0.25, 0.3) is 0 Å². The molecule has 25 heavy (non-hydrogen) atoms. The zero-order valence-electron chi connectivity index (χ0n) is 12.9. The van der Waals surface area contributed by atoms with Crippen LogP contribution in [-0.2, 0) is 4.74 Å². The quantitative estimate of drug-likeness (QED) is 0.455. The Kier molecular flexibility index (Phi) is 5.54. The molecule has 1 amide bonds. The molecule has 128 valence electrons. The molecule has 3 aromatic heterocycles. The third kappa shape index (κ3) is 3.93. The Bertz CT molecular complexity index is 971. The molecule has 10 heteroatoms. The van der Waals surface area contributed by atoms with Crippen molar-refractivity contribution in [3.05, 3.63) is 54.7 Å². The number of thiophene rings is 2. The zero-order valence-corrected chi connectivity index (χ0v) is 16.2. The van der Waals surface area contributed by atoms with Crippen molar-refractivity contribution in [2.45, 2.75) is 6.92 Å².